The van der Waals surface area contributed by atoms with Gasteiger partial charge in [0.05, 0.1) is 0 Å². The predicted molar refractivity (Wildman–Crippen MR) is 88.4 cm³/mol. The van der Waals surface area contributed by atoms with Gasteiger partial charge in [-0.25, -0.2) is 0 Å². The highest BCUT2D eigenvalue weighted by atomic mass is 14.9. The topological polar surface area (TPSA) is 12.0 Å². The largest absolute Gasteiger partial charge is 0.311 e. The molecule has 1 fully saturated rings. The maximum atomic E-state index is 3.73. The number of nitrogens with one attached hydrogen (secondary N) is 1. The number of benzene rings is 1. The molecule has 0 saturated heterocycles. The SMILES string of the molecule is Cc1ccc(C(CNC(C)(C)C)C2CCCC2)cc1C. The molecule has 1 atom stereocenters. The Morgan fingerprint density at radius 1 is 1.10 bits per heavy atom. The van der Waals surface area contributed by atoms with E-state index in [-0.39, 0.29) is 5.54 Å². The van der Waals surface area contributed by atoms with E-state index in [0.29, 0.717) is 5.92 Å². The zero-order valence-electron chi connectivity index (χ0n) is 13.9. The van der Waals surface area contributed by atoms with Crippen molar-refractivity contribution in [3.05, 3.63) is 34.9 Å². The Bertz CT molecular complexity index is 436. The van der Waals surface area contributed by atoms with Gasteiger partial charge in [-0.3, -0.25) is 0 Å². The van der Waals surface area contributed by atoms with Crippen molar-refractivity contribution in [2.24, 2.45) is 5.92 Å². The van der Waals surface area contributed by atoms with Gasteiger partial charge in [-0.1, -0.05) is 31.0 Å². The van der Waals surface area contributed by atoms with Gasteiger partial charge in [0.2, 0.25) is 0 Å². The normalized spacial score (nSPS) is 18.4. The molecule has 1 N–H and O–H groups in total. The summed E-state index contributed by atoms with van der Waals surface area (Å²) in [5.74, 6) is 1.54. The first-order valence-electron chi connectivity index (χ1n) is 8.19. The zero-order chi connectivity index (χ0) is 14.8. The van der Waals surface area contributed by atoms with Crippen LogP contribution in [0.4, 0.5) is 0 Å². The summed E-state index contributed by atoms with van der Waals surface area (Å²) < 4.78 is 0. The average Bonchev–Trinajstić information content (AvgIpc) is 2.86. The molecule has 1 heteroatoms. The van der Waals surface area contributed by atoms with Crippen LogP contribution < -0.4 is 5.32 Å². The molecule has 0 bridgehead atoms. The monoisotopic (exact) mass is 273 g/mol. The second kappa shape index (κ2) is 6.30. The number of rotatable bonds is 4. The van der Waals surface area contributed by atoms with Gasteiger partial charge in [-0.15, -0.1) is 0 Å². The van der Waals surface area contributed by atoms with Crippen LogP contribution in [0.25, 0.3) is 0 Å². The highest BCUT2D eigenvalue weighted by molar-refractivity contribution is 5.32. The smallest absolute Gasteiger partial charge is 0.00967 e. The third kappa shape index (κ3) is 4.09. The van der Waals surface area contributed by atoms with Crippen molar-refractivity contribution < 1.29 is 0 Å². The van der Waals surface area contributed by atoms with Gasteiger partial charge in [-0.2, -0.15) is 0 Å². The van der Waals surface area contributed by atoms with Crippen LogP contribution >= 0.6 is 0 Å². The van der Waals surface area contributed by atoms with Crippen LogP contribution in [0.3, 0.4) is 0 Å². The van der Waals surface area contributed by atoms with Crippen molar-refractivity contribution in [2.75, 3.05) is 6.54 Å². The first kappa shape index (κ1) is 15.6. The first-order valence-corrected chi connectivity index (χ1v) is 8.19. The number of aryl methyl sites for hydroxylation is 2. The van der Waals surface area contributed by atoms with Gasteiger partial charge >= 0.3 is 0 Å². The molecular weight excluding hydrogens is 242 g/mol. The minimum Gasteiger partial charge on any atom is -0.311 e. The van der Waals surface area contributed by atoms with Crippen LogP contribution in [0.1, 0.15) is 69.1 Å². The number of hydrogen-bond donors (Lipinski definition) is 1. The molecule has 20 heavy (non-hydrogen) atoms. The molecule has 1 aromatic rings. The summed E-state index contributed by atoms with van der Waals surface area (Å²) >= 11 is 0. The van der Waals surface area contributed by atoms with E-state index in [1.807, 2.05) is 0 Å². The molecule has 0 heterocycles. The first-order chi connectivity index (χ1) is 9.37. The van der Waals surface area contributed by atoms with E-state index < -0.39 is 0 Å². The molecular formula is C19H31N. The second-order valence-corrected chi connectivity index (χ2v) is 7.63. The Hall–Kier alpha value is -0.820. The van der Waals surface area contributed by atoms with E-state index in [1.54, 1.807) is 0 Å². The molecule has 2 rings (SSSR count). The van der Waals surface area contributed by atoms with Gasteiger partial charge in [0.1, 0.15) is 0 Å². The molecule has 1 unspecified atom stereocenters. The molecule has 1 aromatic carbocycles. The summed E-state index contributed by atoms with van der Waals surface area (Å²) in [6.45, 7) is 12.3. The Kier molecular flexibility index (Phi) is 4.90. The van der Waals surface area contributed by atoms with E-state index in [9.17, 15) is 0 Å². The summed E-state index contributed by atoms with van der Waals surface area (Å²) in [6.07, 6.45) is 5.65. The standard InChI is InChI=1S/C19H31N/c1-14-10-11-17(12-15(14)2)18(13-20-19(3,4)5)16-8-6-7-9-16/h10-12,16,18,20H,6-9,13H2,1-5H3. The predicted octanol–water partition coefficient (Wildman–Crippen LogP) is 4.97. The van der Waals surface area contributed by atoms with Gasteiger partial charge in [0.15, 0.2) is 0 Å². The van der Waals surface area contributed by atoms with Crippen molar-refractivity contribution in [3.8, 4) is 0 Å². The van der Waals surface area contributed by atoms with E-state index in [4.69, 9.17) is 0 Å². The zero-order valence-corrected chi connectivity index (χ0v) is 13.9. The molecule has 0 spiro atoms. The minimum atomic E-state index is 0.205. The second-order valence-electron chi connectivity index (χ2n) is 7.63. The molecule has 0 aromatic heterocycles. The third-order valence-corrected chi connectivity index (χ3v) is 4.78. The van der Waals surface area contributed by atoms with Crippen molar-refractivity contribution in [1.82, 2.24) is 5.32 Å². The lowest BCUT2D eigenvalue weighted by molar-refractivity contribution is 0.351. The average molecular weight is 273 g/mol. The fourth-order valence-corrected chi connectivity index (χ4v) is 3.33. The molecule has 0 amide bonds. The van der Waals surface area contributed by atoms with E-state index in [0.717, 1.165) is 12.5 Å². The van der Waals surface area contributed by atoms with Crippen LogP contribution in [0.2, 0.25) is 0 Å². The summed E-state index contributed by atoms with van der Waals surface area (Å²) in [7, 11) is 0. The van der Waals surface area contributed by atoms with Crippen LogP contribution in [0.5, 0.6) is 0 Å². The Labute approximate surface area is 125 Å². The van der Waals surface area contributed by atoms with Gasteiger partial charge in [-0.05, 0) is 76.0 Å². The molecule has 1 nitrogen and oxygen atoms in total. The van der Waals surface area contributed by atoms with Gasteiger partial charge < -0.3 is 5.32 Å². The lowest BCUT2D eigenvalue weighted by Gasteiger charge is -2.29. The summed E-state index contributed by atoms with van der Waals surface area (Å²) in [4.78, 5) is 0. The maximum absolute atomic E-state index is 3.73. The van der Waals surface area contributed by atoms with Crippen molar-refractivity contribution >= 4 is 0 Å². The van der Waals surface area contributed by atoms with Crippen molar-refractivity contribution in [2.45, 2.75) is 71.8 Å². The molecule has 112 valence electrons. The molecule has 1 saturated carbocycles. The highest BCUT2D eigenvalue weighted by Gasteiger charge is 2.27. The van der Waals surface area contributed by atoms with E-state index in [2.05, 4.69) is 58.1 Å². The Morgan fingerprint density at radius 2 is 1.75 bits per heavy atom. The van der Waals surface area contributed by atoms with Crippen LogP contribution in [-0.4, -0.2) is 12.1 Å². The Balaban J connectivity index is 2.18. The molecule has 1 aliphatic rings. The molecule has 0 radical (unpaired) electrons. The molecule has 1 aliphatic carbocycles. The van der Waals surface area contributed by atoms with E-state index in [1.165, 1.54) is 42.4 Å². The Morgan fingerprint density at radius 3 is 2.30 bits per heavy atom. The maximum Gasteiger partial charge on any atom is 0.00967 e. The lowest BCUT2D eigenvalue weighted by atomic mass is 9.83. The van der Waals surface area contributed by atoms with E-state index >= 15 is 0 Å². The fraction of sp³-hybridized carbons (Fsp3) is 0.684. The molecule has 0 aliphatic heterocycles. The summed E-state index contributed by atoms with van der Waals surface area (Å²) in [6, 6.07) is 7.07. The lowest BCUT2D eigenvalue weighted by Crippen LogP contribution is -2.39. The third-order valence-electron chi connectivity index (χ3n) is 4.78. The van der Waals surface area contributed by atoms with Crippen LogP contribution in [0, 0.1) is 19.8 Å². The van der Waals surface area contributed by atoms with Gasteiger partial charge in [0.25, 0.3) is 0 Å². The van der Waals surface area contributed by atoms with Crippen molar-refractivity contribution in [3.63, 3.8) is 0 Å². The minimum absolute atomic E-state index is 0.205. The number of hydrogen-bond acceptors (Lipinski definition) is 1. The fourth-order valence-electron chi connectivity index (χ4n) is 3.33. The van der Waals surface area contributed by atoms with Crippen LogP contribution in [-0.2, 0) is 0 Å². The van der Waals surface area contributed by atoms with Crippen molar-refractivity contribution in [1.29, 1.82) is 0 Å². The summed E-state index contributed by atoms with van der Waals surface area (Å²) in [5, 5.41) is 3.73. The highest BCUT2D eigenvalue weighted by Crippen LogP contribution is 2.37. The quantitative estimate of drug-likeness (QED) is 0.817. The van der Waals surface area contributed by atoms with Gasteiger partial charge in [0, 0.05) is 12.1 Å². The summed E-state index contributed by atoms with van der Waals surface area (Å²) in [5.41, 5.74) is 4.58. The van der Waals surface area contributed by atoms with Crippen LogP contribution in [0.15, 0.2) is 18.2 Å².